The number of amides is 2. The Bertz CT molecular complexity index is 612. The molecule has 0 bridgehead atoms. The molecule has 0 aliphatic carbocycles. The van der Waals surface area contributed by atoms with Gasteiger partial charge in [-0.2, -0.15) is 0 Å². The zero-order chi connectivity index (χ0) is 15.8. The summed E-state index contributed by atoms with van der Waals surface area (Å²) in [6.45, 7) is 2.21. The molecule has 0 fully saturated rings. The van der Waals surface area contributed by atoms with Crippen molar-refractivity contribution in [3.8, 4) is 11.5 Å². The quantitative estimate of drug-likeness (QED) is 0.715. The molecule has 0 radical (unpaired) electrons. The Morgan fingerprint density at radius 2 is 1.95 bits per heavy atom. The second-order valence-electron chi connectivity index (χ2n) is 4.86. The summed E-state index contributed by atoms with van der Waals surface area (Å²) in [6.07, 6.45) is 2.15. The van der Waals surface area contributed by atoms with Gasteiger partial charge < -0.3 is 20.5 Å². The topological polar surface area (TPSA) is 70.6 Å². The molecule has 0 atom stereocenters. The van der Waals surface area contributed by atoms with Crippen LogP contribution in [0.1, 0.15) is 18.9 Å². The lowest BCUT2D eigenvalue weighted by atomic mass is 10.1. The highest BCUT2D eigenvalue weighted by molar-refractivity contribution is 5.89. The normalized spacial score (nSPS) is 10.0. The molecule has 22 heavy (non-hydrogen) atoms. The van der Waals surface area contributed by atoms with Gasteiger partial charge >= 0.3 is 6.03 Å². The fraction of sp³-hybridized carbons (Fsp3) is 0.235. The van der Waals surface area contributed by atoms with E-state index in [9.17, 15) is 9.90 Å². The van der Waals surface area contributed by atoms with Gasteiger partial charge in [0.1, 0.15) is 11.5 Å². The lowest BCUT2D eigenvalue weighted by molar-refractivity contribution is 0.234. The minimum atomic E-state index is -0.395. The SMILES string of the molecule is CCCc1ccc(OCNC(=O)Nc2cccc(O)c2)cc1. The first-order valence-corrected chi connectivity index (χ1v) is 7.23. The molecule has 5 nitrogen and oxygen atoms in total. The summed E-state index contributed by atoms with van der Waals surface area (Å²) in [4.78, 5) is 11.7. The number of carbonyl (C=O) groups is 1. The van der Waals surface area contributed by atoms with Crippen LogP contribution in [-0.2, 0) is 6.42 Å². The maximum atomic E-state index is 11.7. The van der Waals surface area contributed by atoms with Gasteiger partial charge in [0.25, 0.3) is 0 Å². The van der Waals surface area contributed by atoms with E-state index in [0.29, 0.717) is 11.4 Å². The van der Waals surface area contributed by atoms with E-state index in [0.717, 1.165) is 12.8 Å². The molecular formula is C17H20N2O3. The van der Waals surface area contributed by atoms with Crippen LogP contribution in [0, 0.1) is 0 Å². The smallest absolute Gasteiger partial charge is 0.321 e. The molecule has 0 spiro atoms. The number of anilines is 1. The van der Waals surface area contributed by atoms with Gasteiger partial charge in [0.15, 0.2) is 6.73 Å². The minimum Gasteiger partial charge on any atom is -0.508 e. The van der Waals surface area contributed by atoms with Gasteiger partial charge in [-0.25, -0.2) is 4.79 Å². The first-order chi connectivity index (χ1) is 10.7. The van der Waals surface area contributed by atoms with E-state index in [1.54, 1.807) is 12.1 Å². The number of phenols is 1. The van der Waals surface area contributed by atoms with Crippen LogP contribution in [0.25, 0.3) is 0 Å². The van der Waals surface area contributed by atoms with Gasteiger partial charge in [0.2, 0.25) is 0 Å². The van der Waals surface area contributed by atoms with Crippen LogP contribution >= 0.6 is 0 Å². The number of rotatable bonds is 6. The van der Waals surface area contributed by atoms with Crippen molar-refractivity contribution in [1.82, 2.24) is 5.32 Å². The predicted molar refractivity (Wildman–Crippen MR) is 86.2 cm³/mol. The van der Waals surface area contributed by atoms with Gasteiger partial charge in [-0.3, -0.25) is 0 Å². The molecule has 2 aromatic carbocycles. The number of ether oxygens (including phenoxy) is 1. The number of aromatic hydroxyl groups is 1. The predicted octanol–water partition coefficient (Wildman–Crippen LogP) is 3.50. The van der Waals surface area contributed by atoms with Crippen LogP contribution in [0.2, 0.25) is 0 Å². The number of hydrogen-bond donors (Lipinski definition) is 3. The molecule has 3 N–H and O–H groups in total. The first-order valence-electron chi connectivity index (χ1n) is 7.23. The molecule has 0 saturated carbocycles. The van der Waals surface area contributed by atoms with Crippen molar-refractivity contribution in [1.29, 1.82) is 0 Å². The van der Waals surface area contributed by atoms with E-state index in [2.05, 4.69) is 17.6 Å². The van der Waals surface area contributed by atoms with E-state index < -0.39 is 6.03 Å². The minimum absolute atomic E-state index is 0.0672. The van der Waals surface area contributed by atoms with E-state index in [1.165, 1.54) is 17.7 Å². The standard InChI is InChI=1S/C17H20N2O3/c1-2-4-13-7-9-16(10-8-13)22-12-18-17(21)19-14-5-3-6-15(20)11-14/h3,5-11,20H,2,4,12H2,1H3,(H2,18,19,21). The Balaban J connectivity index is 1.74. The van der Waals surface area contributed by atoms with Crippen molar-refractivity contribution in [3.63, 3.8) is 0 Å². The Morgan fingerprint density at radius 1 is 1.18 bits per heavy atom. The molecule has 0 aliphatic rings. The maximum Gasteiger partial charge on any atom is 0.321 e. The first kappa shape index (κ1) is 15.7. The van der Waals surface area contributed by atoms with E-state index in [-0.39, 0.29) is 12.5 Å². The number of hydrogen-bond acceptors (Lipinski definition) is 3. The molecule has 2 amide bonds. The van der Waals surface area contributed by atoms with Gasteiger partial charge in [0.05, 0.1) is 0 Å². The average Bonchev–Trinajstić information content (AvgIpc) is 2.49. The Morgan fingerprint density at radius 3 is 2.64 bits per heavy atom. The molecule has 0 aromatic heterocycles. The summed E-state index contributed by atoms with van der Waals surface area (Å²) in [7, 11) is 0. The molecule has 0 heterocycles. The third-order valence-electron chi connectivity index (χ3n) is 3.04. The van der Waals surface area contributed by atoms with Crippen molar-refractivity contribution in [2.24, 2.45) is 0 Å². The summed E-state index contributed by atoms with van der Waals surface area (Å²) in [5.74, 6) is 0.804. The average molecular weight is 300 g/mol. The summed E-state index contributed by atoms with van der Waals surface area (Å²) < 4.78 is 5.45. The Labute approximate surface area is 129 Å². The summed E-state index contributed by atoms with van der Waals surface area (Å²) in [5, 5.41) is 14.5. The number of benzene rings is 2. The van der Waals surface area contributed by atoms with Crippen molar-refractivity contribution < 1.29 is 14.6 Å². The summed E-state index contributed by atoms with van der Waals surface area (Å²) in [6, 6.07) is 13.8. The monoisotopic (exact) mass is 300 g/mol. The van der Waals surface area contributed by atoms with Crippen molar-refractivity contribution in [2.45, 2.75) is 19.8 Å². The number of urea groups is 1. The van der Waals surface area contributed by atoms with Crippen LogP contribution in [0.4, 0.5) is 10.5 Å². The van der Waals surface area contributed by atoms with Gasteiger partial charge in [-0.1, -0.05) is 31.5 Å². The number of aryl methyl sites for hydroxylation is 1. The van der Waals surface area contributed by atoms with E-state index in [4.69, 9.17) is 4.74 Å². The van der Waals surface area contributed by atoms with Crippen LogP contribution in [0.15, 0.2) is 48.5 Å². The fourth-order valence-corrected chi connectivity index (χ4v) is 1.98. The number of carbonyl (C=O) groups excluding carboxylic acids is 1. The van der Waals surface area contributed by atoms with Crippen molar-refractivity contribution in [3.05, 3.63) is 54.1 Å². The molecule has 5 heteroatoms. The fourth-order valence-electron chi connectivity index (χ4n) is 1.98. The third-order valence-corrected chi connectivity index (χ3v) is 3.04. The van der Waals surface area contributed by atoms with Crippen LogP contribution in [-0.4, -0.2) is 17.9 Å². The summed E-state index contributed by atoms with van der Waals surface area (Å²) in [5.41, 5.74) is 1.78. The molecule has 2 rings (SSSR count). The zero-order valence-corrected chi connectivity index (χ0v) is 12.5. The molecule has 0 saturated heterocycles. The number of phenolic OH excluding ortho intramolecular Hbond substituents is 1. The Hall–Kier alpha value is -2.69. The molecule has 116 valence electrons. The van der Waals surface area contributed by atoms with Crippen LogP contribution < -0.4 is 15.4 Å². The molecule has 0 aliphatic heterocycles. The van der Waals surface area contributed by atoms with Gasteiger partial charge in [-0.05, 0) is 36.2 Å². The van der Waals surface area contributed by atoms with Crippen molar-refractivity contribution in [2.75, 3.05) is 12.0 Å². The van der Waals surface area contributed by atoms with Gasteiger partial charge in [-0.15, -0.1) is 0 Å². The Kier molecular flexibility index (Phi) is 5.65. The van der Waals surface area contributed by atoms with E-state index >= 15 is 0 Å². The highest BCUT2D eigenvalue weighted by Gasteiger charge is 2.02. The van der Waals surface area contributed by atoms with Crippen molar-refractivity contribution >= 4 is 11.7 Å². The highest BCUT2D eigenvalue weighted by atomic mass is 16.5. The maximum absolute atomic E-state index is 11.7. The van der Waals surface area contributed by atoms with E-state index in [1.807, 2.05) is 24.3 Å². The lowest BCUT2D eigenvalue weighted by Crippen LogP contribution is -2.31. The summed E-state index contributed by atoms with van der Waals surface area (Å²) >= 11 is 0. The lowest BCUT2D eigenvalue weighted by Gasteiger charge is -2.10. The highest BCUT2D eigenvalue weighted by Crippen LogP contribution is 2.15. The molecular weight excluding hydrogens is 280 g/mol. The number of nitrogens with one attached hydrogen (secondary N) is 2. The van der Waals surface area contributed by atoms with Crippen LogP contribution in [0.5, 0.6) is 11.5 Å². The molecule has 2 aromatic rings. The molecule has 0 unspecified atom stereocenters. The second kappa shape index (κ2) is 7.93. The zero-order valence-electron chi connectivity index (χ0n) is 12.5. The second-order valence-corrected chi connectivity index (χ2v) is 4.86. The largest absolute Gasteiger partial charge is 0.508 e. The van der Waals surface area contributed by atoms with Gasteiger partial charge in [0, 0.05) is 11.8 Å². The van der Waals surface area contributed by atoms with Crippen LogP contribution in [0.3, 0.4) is 0 Å². The third kappa shape index (κ3) is 5.01.